The number of aliphatic hydroxyl groups excluding tert-OH is 1. The van der Waals surface area contributed by atoms with E-state index in [9.17, 15) is 14.7 Å². The molecule has 0 bridgehead atoms. The zero-order valence-electron chi connectivity index (χ0n) is 18.7. The molecule has 0 radical (unpaired) electrons. The summed E-state index contributed by atoms with van der Waals surface area (Å²) in [5.41, 5.74) is 0. The first-order valence-electron chi connectivity index (χ1n) is 11.9. The van der Waals surface area contributed by atoms with Crippen molar-refractivity contribution in [3.63, 3.8) is 0 Å². The molecule has 170 valence electrons. The maximum atomic E-state index is 12.2. The van der Waals surface area contributed by atoms with Crippen molar-refractivity contribution in [1.82, 2.24) is 10.6 Å². The Labute approximate surface area is 177 Å². The van der Waals surface area contributed by atoms with Crippen LogP contribution in [0.5, 0.6) is 0 Å². The molecule has 0 aromatic carbocycles. The number of epoxide rings is 1. The van der Waals surface area contributed by atoms with Gasteiger partial charge in [-0.1, -0.05) is 84.0 Å². The number of ether oxygens (including phenoxy) is 1. The van der Waals surface area contributed by atoms with Gasteiger partial charge in [0.25, 0.3) is 0 Å². The van der Waals surface area contributed by atoms with Gasteiger partial charge in [-0.15, -0.1) is 0 Å². The second-order valence-electron chi connectivity index (χ2n) is 8.37. The van der Waals surface area contributed by atoms with E-state index in [0.29, 0.717) is 19.3 Å². The molecule has 1 rings (SSSR count). The first-order chi connectivity index (χ1) is 14.1. The van der Waals surface area contributed by atoms with Crippen LogP contribution in [-0.2, 0) is 14.3 Å². The van der Waals surface area contributed by atoms with E-state index in [1.165, 1.54) is 70.6 Å². The number of carbonyl (C=O) groups is 2. The van der Waals surface area contributed by atoms with Crippen LogP contribution in [0.25, 0.3) is 0 Å². The molecule has 0 saturated carbocycles. The van der Waals surface area contributed by atoms with Gasteiger partial charge in [-0.3, -0.25) is 9.59 Å². The number of hydrogen-bond acceptors (Lipinski definition) is 4. The first kappa shape index (κ1) is 25.9. The second-order valence-corrected chi connectivity index (χ2v) is 8.37. The summed E-state index contributed by atoms with van der Waals surface area (Å²) in [6.45, 7) is 2.26. The highest BCUT2D eigenvalue weighted by atomic mass is 16.7. The van der Waals surface area contributed by atoms with Crippen molar-refractivity contribution in [2.45, 2.75) is 128 Å². The minimum absolute atomic E-state index is 0.0160. The van der Waals surface area contributed by atoms with E-state index in [0.717, 1.165) is 12.8 Å². The fraction of sp³-hybridized carbons (Fsp3) is 0.913. The zero-order chi connectivity index (χ0) is 21.3. The van der Waals surface area contributed by atoms with Crippen molar-refractivity contribution in [3.05, 3.63) is 0 Å². The third-order valence-corrected chi connectivity index (χ3v) is 5.71. The van der Waals surface area contributed by atoms with Gasteiger partial charge in [0.15, 0.2) is 6.29 Å². The fourth-order valence-electron chi connectivity index (χ4n) is 3.72. The Morgan fingerprint density at radius 3 is 1.76 bits per heavy atom. The number of aliphatic hydroxyl groups is 1. The lowest BCUT2D eigenvalue weighted by Crippen LogP contribution is -2.40. The van der Waals surface area contributed by atoms with Gasteiger partial charge in [-0.05, 0) is 12.8 Å². The van der Waals surface area contributed by atoms with Crippen LogP contribution in [0.1, 0.15) is 110 Å². The van der Waals surface area contributed by atoms with Crippen molar-refractivity contribution in [3.8, 4) is 0 Å². The van der Waals surface area contributed by atoms with E-state index < -0.39 is 6.29 Å². The van der Waals surface area contributed by atoms with Gasteiger partial charge in [0, 0.05) is 19.9 Å². The number of rotatable bonds is 19. The molecule has 0 aliphatic carbocycles. The highest BCUT2D eigenvalue weighted by molar-refractivity contribution is 5.77. The molecule has 3 N–H and O–H groups in total. The maximum Gasteiger partial charge on any atom is 0.220 e. The quantitative estimate of drug-likeness (QED) is 0.219. The average molecular weight is 413 g/mol. The van der Waals surface area contributed by atoms with Crippen molar-refractivity contribution >= 4 is 11.8 Å². The van der Waals surface area contributed by atoms with Crippen molar-refractivity contribution < 1.29 is 19.4 Å². The third-order valence-electron chi connectivity index (χ3n) is 5.71. The molecule has 1 fully saturated rings. The van der Waals surface area contributed by atoms with Crippen LogP contribution in [0.15, 0.2) is 0 Å². The van der Waals surface area contributed by atoms with Crippen LogP contribution >= 0.6 is 0 Å². The van der Waals surface area contributed by atoms with Crippen LogP contribution in [0.3, 0.4) is 0 Å². The fourth-order valence-corrected chi connectivity index (χ4v) is 3.72. The largest absolute Gasteiger partial charge is 0.366 e. The highest BCUT2D eigenvalue weighted by Gasteiger charge is 2.44. The van der Waals surface area contributed by atoms with Crippen LogP contribution in [0.2, 0.25) is 0 Å². The van der Waals surface area contributed by atoms with Gasteiger partial charge >= 0.3 is 0 Å². The lowest BCUT2D eigenvalue weighted by Gasteiger charge is -2.16. The molecule has 1 aliphatic heterocycles. The predicted molar refractivity (Wildman–Crippen MR) is 116 cm³/mol. The van der Waals surface area contributed by atoms with E-state index in [1.807, 2.05) is 0 Å². The normalized spacial score (nSPS) is 19.0. The van der Waals surface area contributed by atoms with E-state index in [4.69, 9.17) is 4.74 Å². The topological polar surface area (TPSA) is 91.0 Å². The van der Waals surface area contributed by atoms with Gasteiger partial charge in [0.05, 0.1) is 6.04 Å². The Balaban J connectivity index is 1.96. The van der Waals surface area contributed by atoms with E-state index in [-0.39, 0.29) is 24.0 Å². The molecule has 29 heavy (non-hydrogen) atoms. The minimum atomic E-state index is -0.818. The van der Waals surface area contributed by atoms with E-state index in [2.05, 4.69) is 17.6 Å². The molecule has 6 heteroatoms. The summed E-state index contributed by atoms with van der Waals surface area (Å²) in [7, 11) is 1.59. The van der Waals surface area contributed by atoms with Crippen LogP contribution in [0, 0.1) is 0 Å². The number of nitrogens with one attached hydrogen (secondary N) is 2. The lowest BCUT2D eigenvalue weighted by atomic mass is 10.0. The van der Waals surface area contributed by atoms with Crippen LogP contribution < -0.4 is 10.6 Å². The molecule has 6 nitrogen and oxygen atoms in total. The Hall–Kier alpha value is -1.14. The monoisotopic (exact) mass is 412 g/mol. The highest BCUT2D eigenvalue weighted by Crippen LogP contribution is 2.25. The second kappa shape index (κ2) is 16.6. The molecular weight excluding hydrogens is 368 g/mol. The van der Waals surface area contributed by atoms with Gasteiger partial charge in [0.2, 0.25) is 11.8 Å². The molecule has 0 aromatic rings. The predicted octanol–water partition coefficient (Wildman–Crippen LogP) is 4.20. The Morgan fingerprint density at radius 1 is 0.828 bits per heavy atom. The summed E-state index contributed by atoms with van der Waals surface area (Å²) in [6.07, 6.45) is 16.8. The van der Waals surface area contributed by atoms with Crippen molar-refractivity contribution in [2.75, 3.05) is 7.05 Å². The molecule has 3 unspecified atom stereocenters. The summed E-state index contributed by atoms with van der Waals surface area (Å²) < 4.78 is 5.08. The molecule has 1 saturated heterocycles. The standard InChI is InChI=1S/C23H44N2O4/c1-3-4-5-6-7-8-9-10-11-12-13-14-15-16-21(27)25-19(22-23(28)29-22)17-18-20(26)24-2/h19,22-23,28H,3-18H2,1-2H3,(H,24,26)(H,25,27). The first-order valence-corrected chi connectivity index (χ1v) is 11.9. The van der Waals surface area contributed by atoms with Gasteiger partial charge in [-0.2, -0.15) is 0 Å². The number of unbranched alkanes of at least 4 members (excludes halogenated alkanes) is 12. The Bertz CT molecular complexity index is 445. The van der Waals surface area contributed by atoms with Gasteiger partial charge in [0.1, 0.15) is 6.10 Å². The van der Waals surface area contributed by atoms with E-state index in [1.54, 1.807) is 7.05 Å². The SMILES string of the molecule is CCCCCCCCCCCCCCCC(=O)NC(CCC(=O)NC)C1OC1O. The number of amides is 2. The van der Waals surface area contributed by atoms with Crippen LogP contribution in [-0.4, -0.2) is 42.4 Å². The zero-order valence-corrected chi connectivity index (χ0v) is 18.7. The van der Waals surface area contributed by atoms with Crippen molar-refractivity contribution in [1.29, 1.82) is 0 Å². The molecule has 1 aliphatic rings. The van der Waals surface area contributed by atoms with E-state index >= 15 is 0 Å². The van der Waals surface area contributed by atoms with Crippen LogP contribution in [0.4, 0.5) is 0 Å². The van der Waals surface area contributed by atoms with Crippen molar-refractivity contribution in [2.24, 2.45) is 0 Å². The number of carbonyl (C=O) groups excluding carboxylic acids is 2. The summed E-state index contributed by atoms with van der Waals surface area (Å²) in [4.78, 5) is 23.6. The molecule has 2 amide bonds. The molecular formula is C23H44N2O4. The lowest BCUT2D eigenvalue weighted by molar-refractivity contribution is -0.123. The molecule has 1 heterocycles. The third kappa shape index (κ3) is 13.7. The molecule has 0 spiro atoms. The minimum Gasteiger partial charge on any atom is -0.366 e. The Kier molecular flexibility index (Phi) is 14.9. The summed E-state index contributed by atoms with van der Waals surface area (Å²) in [5, 5.41) is 15.0. The molecule has 3 atom stereocenters. The van der Waals surface area contributed by atoms with Gasteiger partial charge < -0.3 is 20.5 Å². The van der Waals surface area contributed by atoms with Gasteiger partial charge in [-0.25, -0.2) is 0 Å². The summed E-state index contributed by atoms with van der Waals surface area (Å²) in [6, 6.07) is -0.295. The summed E-state index contributed by atoms with van der Waals surface area (Å²) in [5.74, 6) is -0.0893. The Morgan fingerprint density at radius 2 is 1.31 bits per heavy atom. The number of hydrogen-bond donors (Lipinski definition) is 3. The smallest absolute Gasteiger partial charge is 0.220 e. The molecule has 0 aromatic heterocycles. The maximum absolute atomic E-state index is 12.2. The average Bonchev–Trinajstić information content (AvgIpc) is 3.44. The summed E-state index contributed by atoms with van der Waals surface area (Å²) >= 11 is 0.